The van der Waals surface area contributed by atoms with E-state index in [1.807, 2.05) is 66.7 Å². The van der Waals surface area contributed by atoms with Crippen molar-refractivity contribution in [2.45, 2.75) is 39.9 Å². The molecule has 38 heavy (non-hydrogen) atoms. The molecule has 4 aromatic rings. The lowest BCUT2D eigenvalue weighted by Gasteiger charge is -2.08. The summed E-state index contributed by atoms with van der Waals surface area (Å²) >= 11 is 0. The predicted octanol–water partition coefficient (Wildman–Crippen LogP) is 4.59. The van der Waals surface area contributed by atoms with Crippen molar-refractivity contribution in [1.29, 1.82) is 0 Å². The van der Waals surface area contributed by atoms with Crippen molar-refractivity contribution in [3.05, 3.63) is 107 Å². The van der Waals surface area contributed by atoms with Crippen molar-refractivity contribution in [2.24, 2.45) is 11.5 Å². The van der Waals surface area contributed by atoms with Crippen LogP contribution in [0.3, 0.4) is 0 Å². The van der Waals surface area contributed by atoms with Crippen LogP contribution in [-0.2, 0) is 35.6 Å². The second-order valence-corrected chi connectivity index (χ2v) is 9.53. The molecule has 0 unspecified atom stereocenters. The number of nitrogens with two attached hydrogens (primary N) is 2. The summed E-state index contributed by atoms with van der Waals surface area (Å²) in [5.74, 6) is 3.32. The number of ether oxygens (including phenoxy) is 2. The molecular weight excluding hydrogens is 474 g/mol. The maximum absolute atomic E-state index is 5.87. The van der Waals surface area contributed by atoms with E-state index in [1.165, 1.54) is 22.1 Å². The maximum atomic E-state index is 5.87. The predicted molar refractivity (Wildman–Crippen MR) is 154 cm³/mol. The zero-order valence-electron chi connectivity index (χ0n) is 21.9. The molecule has 2 aliphatic heterocycles. The molecule has 0 spiro atoms. The fourth-order valence-electron chi connectivity index (χ4n) is 4.65. The molecule has 0 fully saturated rings. The van der Waals surface area contributed by atoms with E-state index in [9.17, 15) is 0 Å². The highest BCUT2D eigenvalue weighted by Crippen LogP contribution is 2.25. The summed E-state index contributed by atoms with van der Waals surface area (Å²) in [7, 11) is 0. The molecule has 8 heteroatoms. The van der Waals surface area contributed by atoms with Crippen LogP contribution in [0.25, 0.3) is 0 Å². The van der Waals surface area contributed by atoms with Gasteiger partial charge >= 0.3 is 13.8 Å². The van der Waals surface area contributed by atoms with Gasteiger partial charge in [-0.15, -0.1) is 0 Å². The van der Waals surface area contributed by atoms with Gasteiger partial charge in [0.15, 0.2) is 0 Å². The highest BCUT2D eigenvalue weighted by Gasteiger charge is 2.24. The summed E-state index contributed by atoms with van der Waals surface area (Å²) in [5, 5.41) is 0. The SMILES string of the molecule is CB1OCc2cc(Oc3ccc(CN)cc3)ccc21.CB1OCc2cc(Oc3cccc(CN)c3)ccc21. The summed E-state index contributed by atoms with van der Waals surface area (Å²) in [6.07, 6.45) is 0. The third-order valence-corrected chi connectivity index (χ3v) is 6.85. The Morgan fingerprint density at radius 1 is 0.605 bits per heavy atom. The van der Waals surface area contributed by atoms with Gasteiger partial charge in [0.2, 0.25) is 0 Å². The van der Waals surface area contributed by atoms with Crippen LogP contribution in [0, 0.1) is 0 Å². The van der Waals surface area contributed by atoms with Crippen LogP contribution in [-0.4, -0.2) is 13.8 Å². The quantitative estimate of drug-likeness (QED) is 0.372. The fourth-order valence-corrected chi connectivity index (χ4v) is 4.65. The summed E-state index contributed by atoms with van der Waals surface area (Å²) in [5.41, 5.74) is 18.3. The van der Waals surface area contributed by atoms with Crippen molar-refractivity contribution in [2.75, 3.05) is 0 Å². The molecule has 0 atom stereocenters. The summed E-state index contributed by atoms with van der Waals surface area (Å²) in [6, 6.07) is 27.9. The van der Waals surface area contributed by atoms with Gasteiger partial charge in [-0.1, -0.05) is 50.0 Å². The molecule has 4 N–H and O–H groups in total. The smallest absolute Gasteiger partial charge is 0.324 e. The van der Waals surface area contributed by atoms with Crippen LogP contribution < -0.4 is 31.9 Å². The second-order valence-electron chi connectivity index (χ2n) is 9.53. The van der Waals surface area contributed by atoms with Crippen LogP contribution in [0.2, 0.25) is 13.6 Å². The molecule has 0 aliphatic carbocycles. The third-order valence-electron chi connectivity index (χ3n) is 6.85. The first-order valence-electron chi connectivity index (χ1n) is 12.9. The van der Waals surface area contributed by atoms with Gasteiger partial charge in [-0.2, -0.15) is 0 Å². The molecule has 4 aromatic carbocycles. The van der Waals surface area contributed by atoms with E-state index < -0.39 is 0 Å². The Bertz CT molecular complexity index is 1400. The van der Waals surface area contributed by atoms with Crippen molar-refractivity contribution < 1.29 is 18.8 Å². The van der Waals surface area contributed by atoms with Crippen LogP contribution in [0.1, 0.15) is 22.3 Å². The second kappa shape index (κ2) is 11.9. The van der Waals surface area contributed by atoms with E-state index in [2.05, 4.69) is 31.8 Å². The van der Waals surface area contributed by atoms with Crippen LogP contribution in [0.5, 0.6) is 23.0 Å². The largest absolute Gasteiger partial charge is 0.457 e. The molecule has 0 aromatic heterocycles. The molecule has 192 valence electrons. The molecule has 0 saturated carbocycles. The summed E-state index contributed by atoms with van der Waals surface area (Å²) in [4.78, 5) is 0. The normalized spacial score (nSPS) is 13.5. The van der Waals surface area contributed by atoms with Crippen molar-refractivity contribution >= 4 is 24.8 Å². The van der Waals surface area contributed by atoms with Crippen molar-refractivity contribution in [1.82, 2.24) is 0 Å². The molecule has 0 radical (unpaired) electrons. The lowest BCUT2D eigenvalue weighted by molar-refractivity contribution is 0.333. The highest BCUT2D eigenvalue weighted by atomic mass is 16.5. The van der Waals surface area contributed by atoms with Gasteiger partial charge in [0.05, 0.1) is 13.2 Å². The van der Waals surface area contributed by atoms with E-state index in [0.717, 1.165) is 34.1 Å². The van der Waals surface area contributed by atoms with E-state index >= 15 is 0 Å². The van der Waals surface area contributed by atoms with Gasteiger partial charge in [-0.05, 0) is 81.7 Å². The van der Waals surface area contributed by atoms with Gasteiger partial charge in [0.1, 0.15) is 23.0 Å². The minimum Gasteiger partial charge on any atom is -0.457 e. The molecule has 6 rings (SSSR count). The minimum atomic E-state index is 0.185. The Kier molecular flexibility index (Phi) is 8.15. The average molecular weight is 506 g/mol. The van der Waals surface area contributed by atoms with E-state index in [4.69, 9.17) is 30.2 Å². The maximum Gasteiger partial charge on any atom is 0.324 e. The van der Waals surface area contributed by atoms with E-state index in [0.29, 0.717) is 26.3 Å². The topological polar surface area (TPSA) is 89.0 Å². The Hall–Kier alpha value is -3.55. The van der Waals surface area contributed by atoms with Gasteiger partial charge in [-0.25, -0.2) is 0 Å². The van der Waals surface area contributed by atoms with Crippen LogP contribution in [0.4, 0.5) is 0 Å². The molecule has 0 saturated heterocycles. The van der Waals surface area contributed by atoms with Gasteiger partial charge in [0.25, 0.3) is 0 Å². The third kappa shape index (κ3) is 6.11. The number of fused-ring (bicyclic) bond motifs is 2. The standard InChI is InChI=1S/2C15H16BNO2/c1-16-15-7-6-14(8-12(15)10-18-16)19-13-4-2-11(9-17)3-5-13;1-16-15-6-5-14(8-12(15)10-18-16)19-13-4-2-3-11(7-13)9-17/h2*2-8H,9-10,17H2,1H3. The zero-order chi connectivity index (χ0) is 26.5. The zero-order valence-corrected chi connectivity index (χ0v) is 21.9. The summed E-state index contributed by atoms with van der Waals surface area (Å²) in [6.45, 7) is 6.91. The van der Waals surface area contributed by atoms with Gasteiger partial charge < -0.3 is 30.2 Å². The lowest BCUT2D eigenvalue weighted by Crippen LogP contribution is -2.23. The molecule has 0 bridgehead atoms. The summed E-state index contributed by atoms with van der Waals surface area (Å²) < 4.78 is 22.9. The highest BCUT2D eigenvalue weighted by molar-refractivity contribution is 6.67. The Morgan fingerprint density at radius 2 is 1.11 bits per heavy atom. The first-order chi connectivity index (χ1) is 18.5. The van der Waals surface area contributed by atoms with Gasteiger partial charge in [-0.3, -0.25) is 0 Å². The minimum absolute atomic E-state index is 0.185. The van der Waals surface area contributed by atoms with Crippen molar-refractivity contribution in [3.63, 3.8) is 0 Å². The first-order valence-corrected chi connectivity index (χ1v) is 12.9. The van der Waals surface area contributed by atoms with Crippen LogP contribution >= 0.6 is 0 Å². The number of benzene rings is 4. The molecule has 6 nitrogen and oxygen atoms in total. The van der Waals surface area contributed by atoms with Gasteiger partial charge in [0, 0.05) is 13.1 Å². The number of rotatable bonds is 6. The molecular formula is C30H32B2N2O4. The molecule has 0 amide bonds. The first kappa shape index (κ1) is 26.1. The Morgan fingerprint density at radius 3 is 1.66 bits per heavy atom. The molecule has 2 aliphatic rings. The Labute approximate surface area is 225 Å². The number of hydrogen-bond donors (Lipinski definition) is 2. The monoisotopic (exact) mass is 506 g/mol. The van der Waals surface area contributed by atoms with E-state index in [-0.39, 0.29) is 13.8 Å². The van der Waals surface area contributed by atoms with Crippen LogP contribution in [0.15, 0.2) is 84.9 Å². The average Bonchev–Trinajstić information content (AvgIpc) is 3.51. The fraction of sp³-hybridized carbons (Fsp3) is 0.200. The lowest BCUT2D eigenvalue weighted by atomic mass is 9.64. The number of hydrogen-bond acceptors (Lipinski definition) is 6. The molecule has 2 heterocycles. The van der Waals surface area contributed by atoms with Crippen molar-refractivity contribution in [3.8, 4) is 23.0 Å². The Balaban J connectivity index is 0.000000155. The van der Waals surface area contributed by atoms with E-state index in [1.54, 1.807) is 0 Å².